The second-order valence-corrected chi connectivity index (χ2v) is 5.18. The molecule has 0 saturated heterocycles. The molecule has 0 aliphatic carbocycles. The van der Waals surface area contributed by atoms with Crippen molar-refractivity contribution in [3.05, 3.63) is 29.8 Å². The predicted octanol–water partition coefficient (Wildman–Crippen LogP) is 3.41. The van der Waals surface area contributed by atoms with Crippen molar-refractivity contribution in [2.75, 3.05) is 13.7 Å². The molecule has 21 heavy (non-hydrogen) atoms. The van der Waals surface area contributed by atoms with Gasteiger partial charge in [-0.1, -0.05) is 32.0 Å². The maximum absolute atomic E-state index is 5.35. The Labute approximate surface area is 145 Å². The highest BCUT2D eigenvalue weighted by molar-refractivity contribution is 14.0. The number of halogens is 1. The molecule has 0 aromatic heterocycles. The molecule has 0 spiro atoms. The highest BCUT2D eigenvalue weighted by Gasteiger charge is 2.09. The van der Waals surface area contributed by atoms with E-state index in [4.69, 9.17) is 4.74 Å². The Morgan fingerprint density at radius 3 is 2.48 bits per heavy atom. The minimum absolute atomic E-state index is 0. The first-order valence-electron chi connectivity index (χ1n) is 7.25. The van der Waals surface area contributed by atoms with Gasteiger partial charge in [0.1, 0.15) is 5.75 Å². The summed E-state index contributed by atoms with van der Waals surface area (Å²) in [5.74, 6) is 2.29. The summed E-state index contributed by atoms with van der Waals surface area (Å²) in [5.41, 5.74) is 1.09. The first-order chi connectivity index (χ1) is 9.58. The average molecular weight is 405 g/mol. The SMILES string of the molecule is CCNC(=NCc1ccccc1OC)NC(C)C(C)C.I. The Morgan fingerprint density at radius 1 is 1.24 bits per heavy atom. The Bertz CT molecular complexity index is 435. The van der Waals surface area contributed by atoms with E-state index in [2.05, 4.69) is 43.3 Å². The number of rotatable bonds is 6. The van der Waals surface area contributed by atoms with Gasteiger partial charge in [0.15, 0.2) is 5.96 Å². The molecular weight excluding hydrogens is 377 g/mol. The van der Waals surface area contributed by atoms with E-state index in [9.17, 15) is 0 Å². The Kier molecular flexibility index (Phi) is 10.2. The molecule has 0 amide bonds. The van der Waals surface area contributed by atoms with Crippen LogP contribution >= 0.6 is 24.0 Å². The zero-order valence-electron chi connectivity index (χ0n) is 13.6. The van der Waals surface area contributed by atoms with Crippen LogP contribution in [0.2, 0.25) is 0 Å². The maximum atomic E-state index is 5.35. The lowest BCUT2D eigenvalue weighted by molar-refractivity contribution is 0.410. The van der Waals surface area contributed by atoms with Gasteiger partial charge in [0, 0.05) is 18.2 Å². The fourth-order valence-corrected chi connectivity index (χ4v) is 1.70. The second kappa shape index (κ2) is 10.7. The van der Waals surface area contributed by atoms with Crippen molar-refractivity contribution in [2.45, 2.75) is 40.3 Å². The molecule has 1 aromatic rings. The monoisotopic (exact) mass is 405 g/mol. The number of para-hydroxylation sites is 1. The summed E-state index contributed by atoms with van der Waals surface area (Å²) >= 11 is 0. The molecule has 0 radical (unpaired) electrons. The highest BCUT2D eigenvalue weighted by atomic mass is 127. The molecular formula is C16H28IN3O. The van der Waals surface area contributed by atoms with Crippen LogP contribution in [0.1, 0.15) is 33.3 Å². The van der Waals surface area contributed by atoms with E-state index < -0.39 is 0 Å². The fourth-order valence-electron chi connectivity index (χ4n) is 1.70. The molecule has 1 unspecified atom stereocenters. The zero-order valence-corrected chi connectivity index (χ0v) is 16.0. The number of ether oxygens (including phenoxy) is 1. The fraction of sp³-hybridized carbons (Fsp3) is 0.562. The van der Waals surface area contributed by atoms with E-state index in [1.807, 2.05) is 24.3 Å². The number of nitrogens with zero attached hydrogens (tertiary/aromatic N) is 1. The minimum atomic E-state index is 0. The first-order valence-corrected chi connectivity index (χ1v) is 7.25. The Balaban J connectivity index is 0.00000400. The van der Waals surface area contributed by atoms with Gasteiger partial charge < -0.3 is 15.4 Å². The van der Waals surface area contributed by atoms with Crippen molar-refractivity contribution in [1.29, 1.82) is 0 Å². The standard InChI is InChI=1S/C16H27N3O.HI/c1-6-17-16(19-13(4)12(2)3)18-11-14-9-7-8-10-15(14)20-5;/h7-10,12-13H,6,11H2,1-5H3,(H2,17,18,19);1H. The van der Waals surface area contributed by atoms with Crippen molar-refractivity contribution in [1.82, 2.24) is 10.6 Å². The van der Waals surface area contributed by atoms with Crippen LogP contribution < -0.4 is 15.4 Å². The van der Waals surface area contributed by atoms with Crippen LogP contribution in [0, 0.1) is 5.92 Å². The summed E-state index contributed by atoms with van der Waals surface area (Å²) in [7, 11) is 1.69. The summed E-state index contributed by atoms with van der Waals surface area (Å²) in [6, 6.07) is 8.35. The molecule has 0 aliphatic rings. The number of aliphatic imine (C=N–C) groups is 1. The van der Waals surface area contributed by atoms with E-state index in [1.54, 1.807) is 7.11 Å². The Morgan fingerprint density at radius 2 is 1.90 bits per heavy atom. The molecule has 0 aliphatic heterocycles. The van der Waals surface area contributed by atoms with Gasteiger partial charge in [0.25, 0.3) is 0 Å². The molecule has 120 valence electrons. The summed E-state index contributed by atoms with van der Waals surface area (Å²) in [4.78, 5) is 4.63. The van der Waals surface area contributed by atoms with Gasteiger partial charge in [-0.15, -0.1) is 24.0 Å². The van der Waals surface area contributed by atoms with Crippen molar-refractivity contribution in [3.8, 4) is 5.75 Å². The van der Waals surface area contributed by atoms with Crippen LogP contribution in [-0.2, 0) is 6.54 Å². The van der Waals surface area contributed by atoms with E-state index in [0.29, 0.717) is 18.5 Å². The van der Waals surface area contributed by atoms with Crippen molar-refractivity contribution < 1.29 is 4.74 Å². The van der Waals surface area contributed by atoms with Crippen LogP contribution in [0.4, 0.5) is 0 Å². The molecule has 0 bridgehead atoms. The number of methoxy groups -OCH3 is 1. The van der Waals surface area contributed by atoms with Crippen LogP contribution in [0.5, 0.6) is 5.75 Å². The van der Waals surface area contributed by atoms with Crippen LogP contribution in [0.3, 0.4) is 0 Å². The summed E-state index contributed by atoms with van der Waals surface area (Å²) in [5, 5.41) is 6.70. The Hall–Kier alpha value is -0.980. The van der Waals surface area contributed by atoms with Gasteiger partial charge in [-0.05, 0) is 25.8 Å². The van der Waals surface area contributed by atoms with E-state index >= 15 is 0 Å². The number of hydrogen-bond acceptors (Lipinski definition) is 2. The van der Waals surface area contributed by atoms with Crippen LogP contribution in [0.15, 0.2) is 29.3 Å². The summed E-state index contributed by atoms with van der Waals surface area (Å²) < 4.78 is 5.35. The summed E-state index contributed by atoms with van der Waals surface area (Å²) in [6.07, 6.45) is 0. The predicted molar refractivity (Wildman–Crippen MR) is 101 cm³/mol. The van der Waals surface area contributed by atoms with Gasteiger partial charge in [-0.25, -0.2) is 4.99 Å². The first kappa shape index (κ1) is 20.0. The number of hydrogen-bond donors (Lipinski definition) is 2. The molecule has 1 atom stereocenters. The van der Waals surface area contributed by atoms with E-state index in [-0.39, 0.29) is 24.0 Å². The van der Waals surface area contributed by atoms with Gasteiger partial charge in [-0.2, -0.15) is 0 Å². The number of guanidine groups is 1. The third-order valence-electron chi connectivity index (χ3n) is 3.31. The zero-order chi connectivity index (χ0) is 15.0. The molecule has 1 aromatic carbocycles. The molecule has 2 N–H and O–H groups in total. The average Bonchev–Trinajstić information content (AvgIpc) is 2.45. The van der Waals surface area contributed by atoms with Crippen molar-refractivity contribution in [2.24, 2.45) is 10.9 Å². The molecule has 0 saturated carbocycles. The lowest BCUT2D eigenvalue weighted by Gasteiger charge is -2.20. The normalized spacial score (nSPS) is 12.6. The molecule has 0 heterocycles. The third kappa shape index (κ3) is 7.02. The van der Waals surface area contributed by atoms with Crippen molar-refractivity contribution in [3.63, 3.8) is 0 Å². The minimum Gasteiger partial charge on any atom is -0.496 e. The highest BCUT2D eigenvalue weighted by Crippen LogP contribution is 2.17. The van der Waals surface area contributed by atoms with Gasteiger partial charge in [0.2, 0.25) is 0 Å². The quantitative estimate of drug-likeness (QED) is 0.433. The van der Waals surface area contributed by atoms with Gasteiger partial charge >= 0.3 is 0 Å². The maximum Gasteiger partial charge on any atom is 0.191 e. The topological polar surface area (TPSA) is 45.7 Å². The molecule has 5 heteroatoms. The van der Waals surface area contributed by atoms with Gasteiger partial charge in [0.05, 0.1) is 13.7 Å². The smallest absolute Gasteiger partial charge is 0.191 e. The van der Waals surface area contributed by atoms with E-state index in [0.717, 1.165) is 23.8 Å². The van der Waals surface area contributed by atoms with Crippen LogP contribution in [-0.4, -0.2) is 25.7 Å². The number of benzene rings is 1. The molecule has 4 nitrogen and oxygen atoms in total. The lowest BCUT2D eigenvalue weighted by Crippen LogP contribution is -2.44. The van der Waals surface area contributed by atoms with E-state index in [1.165, 1.54) is 0 Å². The van der Waals surface area contributed by atoms with Crippen LogP contribution in [0.25, 0.3) is 0 Å². The molecule has 1 rings (SSSR count). The largest absolute Gasteiger partial charge is 0.496 e. The summed E-state index contributed by atoms with van der Waals surface area (Å²) in [6.45, 7) is 10.1. The third-order valence-corrected chi connectivity index (χ3v) is 3.31. The second-order valence-electron chi connectivity index (χ2n) is 5.18. The lowest BCUT2D eigenvalue weighted by atomic mass is 10.1. The number of nitrogens with one attached hydrogen (secondary N) is 2. The van der Waals surface area contributed by atoms with Crippen molar-refractivity contribution >= 4 is 29.9 Å². The van der Waals surface area contributed by atoms with Gasteiger partial charge in [-0.3, -0.25) is 0 Å². The molecule has 0 fully saturated rings.